The van der Waals surface area contributed by atoms with Crippen LogP contribution in [0, 0.1) is 5.92 Å². The predicted molar refractivity (Wildman–Crippen MR) is 103 cm³/mol. The predicted octanol–water partition coefficient (Wildman–Crippen LogP) is 2.80. The van der Waals surface area contributed by atoms with Crippen LogP contribution in [0.3, 0.4) is 0 Å². The SMILES string of the molecule is NS(=O)(=O)c1ccc2c(c1)CN(C(=O)CC(c1ccccc1)C1CC1)CC2. The van der Waals surface area contributed by atoms with Crippen LogP contribution in [0.4, 0.5) is 0 Å². The van der Waals surface area contributed by atoms with Crippen LogP contribution in [0.5, 0.6) is 0 Å². The van der Waals surface area contributed by atoms with Gasteiger partial charge in [-0.05, 0) is 59.9 Å². The average molecular weight is 385 g/mol. The summed E-state index contributed by atoms with van der Waals surface area (Å²) in [6.07, 6.45) is 3.63. The van der Waals surface area contributed by atoms with E-state index in [9.17, 15) is 13.2 Å². The van der Waals surface area contributed by atoms with Gasteiger partial charge in [0.05, 0.1) is 4.90 Å². The Labute approximate surface area is 160 Å². The summed E-state index contributed by atoms with van der Waals surface area (Å²) in [5, 5.41) is 5.25. The first-order valence-electron chi connectivity index (χ1n) is 9.39. The van der Waals surface area contributed by atoms with Gasteiger partial charge in [-0.3, -0.25) is 4.79 Å². The number of amides is 1. The maximum atomic E-state index is 13.0. The zero-order chi connectivity index (χ0) is 19.0. The van der Waals surface area contributed by atoms with Crippen LogP contribution in [0.25, 0.3) is 0 Å². The molecule has 1 amide bonds. The molecule has 2 N–H and O–H groups in total. The summed E-state index contributed by atoms with van der Waals surface area (Å²) in [6.45, 7) is 1.12. The summed E-state index contributed by atoms with van der Waals surface area (Å²) in [4.78, 5) is 15.0. The van der Waals surface area contributed by atoms with Crippen molar-refractivity contribution < 1.29 is 13.2 Å². The van der Waals surface area contributed by atoms with Gasteiger partial charge in [0.1, 0.15) is 0 Å². The van der Waals surface area contributed by atoms with Crippen LogP contribution >= 0.6 is 0 Å². The number of hydrogen-bond donors (Lipinski definition) is 1. The molecule has 27 heavy (non-hydrogen) atoms. The number of benzene rings is 2. The molecule has 1 saturated carbocycles. The van der Waals surface area contributed by atoms with Crippen molar-refractivity contribution in [3.63, 3.8) is 0 Å². The maximum Gasteiger partial charge on any atom is 0.238 e. The van der Waals surface area contributed by atoms with Crippen molar-refractivity contribution in [1.29, 1.82) is 0 Å². The van der Waals surface area contributed by atoms with Crippen molar-refractivity contribution in [3.8, 4) is 0 Å². The number of nitrogens with two attached hydrogens (primary N) is 1. The van der Waals surface area contributed by atoms with Crippen LogP contribution in [-0.2, 0) is 27.8 Å². The van der Waals surface area contributed by atoms with Gasteiger partial charge in [0.2, 0.25) is 15.9 Å². The van der Waals surface area contributed by atoms with Crippen LogP contribution in [0.2, 0.25) is 0 Å². The summed E-state index contributed by atoms with van der Waals surface area (Å²) in [7, 11) is -3.74. The number of sulfonamides is 1. The van der Waals surface area contributed by atoms with Crippen LogP contribution in [0.1, 0.15) is 41.9 Å². The van der Waals surface area contributed by atoms with E-state index in [4.69, 9.17) is 5.14 Å². The largest absolute Gasteiger partial charge is 0.338 e. The number of fused-ring (bicyclic) bond motifs is 1. The third-order valence-corrected chi connectivity index (χ3v) is 6.60. The molecule has 6 heteroatoms. The highest BCUT2D eigenvalue weighted by Crippen LogP contribution is 2.44. The summed E-state index contributed by atoms with van der Waals surface area (Å²) < 4.78 is 23.2. The standard InChI is InChI=1S/C21H24N2O3S/c22-27(25,26)19-9-8-15-10-11-23(14-18(15)12-19)21(24)13-20(17-6-7-17)16-4-2-1-3-5-16/h1-5,8-9,12,17,20H,6-7,10-11,13-14H2,(H2,22,25,26). The van der Waals surface area contributed by atoms with E-state index in [1.54, 1.807) is 12.1 Å². The van der Waals surface area contributed by atoms with E-state index in [1.807, 2.05) is 29.2 Å². The van der Waals surface area contributed by atoms with Gasteiger partial charge in [0, 0.05) is 19.5 Å². The monoisotopic (exact) mass is 384 g/mol. The van der Waals surface area contributed by atoms with Gasteiger partial charge < -0.3 is 4.90 Å². The number of carbonyl (C=O) groups excluding carboxylic acids is 1. The fourth-order valence-electron chi connectivity index (χ4n) is 4.00. The molecule has 5 nitrogen and oxygen atoms in total. The van der Waals surface area contributed by atoms with E-state index < -0.39 is 10.0 Å². The van der Waals surface area contributed by atoms with Gasteiger partial charge in [-0.2, -0.15) is 0 Å². The molecule has 0 spiro atoms. The molecule has 0 saturated heterocycles. The molecule has 1 fully saturated rings. The second kappa shape index (κ2) is 7.09. The summed E-state index contributed by atoms with van der Waals surface area (Å²) >= 11 is 0. The Balaban J connectivity index is 1.50. The minimum Gasteiger partial charge on any atom is -0.338 e. The number of hydrogen-bond acceptors (Lipinski definition) is 3. The van der Waals surface area contributed by atoms with E-state index in [0.717, 1.165) is 17.5 Å². The van der Waals surface area contributed by atoms with Gasteiger partial charge >= 0.3 is 0 Å². The Hall–Kier alpha value is -2.18. The third kappa shape index (κ3) is 4.06. The lowest BCUT2D eigenvalue weighted by Crippen LogP contribution is -2.37. The smallest absolute Gasteiger partial charge is 0.238 e. The summed E-state index contributed by atoms with van der Waals surface area (Å²) in [5.74, 6) is 1.01. The quantitative estimate of drug-likeness (QED) is 0.861. The van der Waals surface area contributed by atoms with Crippen molar-refractivity contribution >= 4 is 15.9 Å². The van der Waals surface area contributed by atoms with Gasteiger partial charge in [0.15, 0.2) is 0 Å². The third-order valence-electron chi connectivity index (χ3n) is 5.68. The van der Waals surface area contributed by atoms with E-state index in [2.05, 4.69) is 12.1 Å². The summed E-state index contributed by atoms with van der Waals surface area (Å²) in [5.41, 5.74) is 3.21. The van der Waals surface area contributed by atoms with Gasteiger partial charge in [-0.25, -0.2) is 13.6 Å². The van der Waals surface area contributed by atoms with Crippen molar-refractivity contribution in [2.75, 3.05) is 6.54 Å². The van der Waals surface area contributed by atoms with E-state index in [-0.39, 0.29) is 16.7 Å². The molecule has 1 aliphatic carbocycles. The molecule has 0 aromatic heterocycles. The second-order valence-electron chi connectivity index (χ2n) is 7.60. The van der Waals surface area contributed by atoms with E-state index in [0.29, 0.717) is 25.4 Å². The van der Waals surface area contributed by atoms with Crippen molar-refractivity contribution in [2.24, 2.45) is 11.1 Å². The van der Waals surface area contributed by atoms with Crippen LogP contribution < -0.4 is 5.14 Å². The number of carbonyl (C=O) groups is 1. The van der Waals surface area contributed by atoms with Crippen LogP contribution in [0.15, 0.2) is 53.4 Å². The highest BCUT2D eigenvalue weighted by Gasteiger charge is 2.35. The number of primary sulfonamides is 1. The molecule has 1 aliphatic heterocycles. The Morgan fingerprint density at radius 3 is 2.52 bits per heavy atom. The Bertz CT molecular complexity index is 953. The van der Waals surface area contributed by atoms with Crippen molar-refractivity contribution in [2.45, 2.75) is 43.0 Å². The lowest BCUT2D eigenvalue weighted by molar-refractivity contribution is -0.132. The number of rotatable bonds is 5. The molecule has 1 unspecified atom stereocenters. The van der Waals surface area contributed by atoms with Crippen LogP contribution in [-0.4, -0.2) is 25.8 Å². The van der Waals surface area contributed by atoms with Gasteiger partial charge in [-0.1, -0.05) is 36.4 Å². The van der Waals surface area contributed by atoms with Gasteiger partial charge in [0.25, 0.3) is 0 Å². The normalized spacial score (nSPS) is 18.0. The molecule has 2 aliphatic rings. The molecule has 2 aromatic carbocycles. The fraction of sp³-hybridized carbons (Fsp3) is 0.381. The first-order chi connectivity index (χ1) is 12.9. The minimum atomic E-state index is -3.74. The van der Waals surface area contributed by atoms with Gasteiger partial charge in [-0.15, -0.1) is 0 Å². The molecule has 1 heterocycles. The minimum absolute atomic E-state index is 0.107. The fourth-order valence-corrected chi connectivity index (χ4v) is 4.56. The first kappa shape index (κ1) is 18.2. The lowest BCUT2D eigenvalue weighted by atomic mass is 9.90. The Morgan fingerprint density at radius 1 is 1.11 bits per heavy atom. The lowest BCUT2D eigenvalue weighted by Gasteiger charge is -2.30. The maximum absolute atomic E-state index is 13.0. The number of nitrogens with zero attached hydrogens (tertiary/aromatic N) is 1. The Morgan fingerprint density at radius 2 is 1.85 bits per heavy atom. The molecular formula is C21H24N2O3S. The van der Waals surface area contributed by atoms with E-state index >= 15 is 0 Å². The Kier molecular flexibility index (Phi) is 4.78. The molecule has 142 valence electrons. The van der Waals surface area contributed by atoms with Crippen molar-refractivity contribution in [1.82, 2.24) is 4.90 Å². The van der Waals surface area contributed by atoms with E-state index in [1.165, 1.54) is 18.4 Å². The molecular weight excluding hydrogens is 360 g/mol. The molecule has 1 atom stereocenters. The zero-order valence-corrected chi connectivity index (χ0v) is 16.0. The molecule has 2 aromatic rings. The highest BCUT2D eigenvalue weighted by molar-refractivity contribution is 7.89. The van der Waals surface area contributed by atoms with Crippen molar-refractivity contribution in [3.05, 3.63) is 65.2 Å². The second-order valence-corrected chi connectivity index (χ2v) is 9.16. The zero-order valence-electron chi connectivity index (χ0n) is 15.2. The molecule has 0 bridgehead atoms. The average Bonchev–Trinajstić information content (AvgIpc) is 3.50. The first-order valence-corrected chi connectivity index (χ1v) is 10.9. The highest BCUT2D eigenvalue weighted by atomic mass is 32.2. The molecule has 0 radical (unpaired) electrons. The summed E-state index contributed by atoms with van der Waals surface area (Å²) in [6, 6.07) is 15.3. The topological polar surface area (TPSA) is 80.5 Å². The molecule has 4 rings (SSSR count).